The van der Waals surface area contributed by atoms with Crippen molar-refractivity contribution in [1.82, 2.24) is 29.8 Å². The molecule has 10 heteroatoms. The molecule has 9 nitrogen and oxygen atoms in total. The molecule has 3 N–H and O–H groups in total. The van der Waals surface area contributed by atoms with Crippen molar-refractivity contribution in [1.29, 1.82) is 0 Å². The standard InChI is InChI=1S/C29H36FN7O2/c1-4-36-17-22(16-31-36)27-20(2)28(37(34-27)24-11-6-5-7-12-24)33-29(38)32-26-19-35(13-14-39-3)18-25(26)21-9-8-10-23(30)15-21/h5-12,15-17,25-26,29,32-33,38H,4,13-14,18-19H2,1-3H3/t25-,26+,29?/m0/s1. The van der Waals surface area contributed by atoms with Gasteiger partial charge >= 0.3 is 0 Å². The van der Waals surface area contributed by atoms with E-state index in [2.05, 4.69) is 20.6 Å². The Labute approximate surface area is 228 Å². The number of rotatable bonds is 11. The Morgan fingerprint density at radius 1 is 1.15 bits per heavy atom. The van der Waals surface area contributed by atoms with Crippen molar-refractivity contribution >= 4 is 5.82 Å². The second kappa shape index (κ2) is 12.1. The Bertz CT molecular complexity index is 1370. The lowest BCUT2D eigenvalue weighted by molar-refractivity contribution is 0.139. The van der Waals surface area contributed by atoms with E-state index in [-0.39, 0.29) is 17.8 Å². The summed E-state index contributed by atoms with van der Waals surface area (Å²) in [4.78, 5) is 2.27. The highest BCUT2D eigenvalue weighted by atomic mass is 19.1. The number of ether oxygens (including phenoxy) is 1. The number of halogens is 1. The van der Waals surface area contributed by atoms with Crippen molar-refractivity contribution in [3.63, 3.8) is 0 Å². The minimum Gasteiger partial charge on any atom is -0.383 e. The fraction of sp³-hybridized carbons (Fsp3) is 0.379. The van der Waals surface area contributed by atoms with Crippen LogP contribution in [0.15, 0.2) is 67.0 Å². The van der Waals surface area contributed by atoms with E-state index in [0.717, 1.165) is 47.7 Å². The molecule has 3 heterocycles. The van der Waals surface area contributed by atoms with Crippen LogP contribution in [0.25, 0.3) is 16.9 Å². The number of methoxy groups -OCH3 is 1. The lowest BCUT2D eigenvalue weighted by Crippen LogP contribution is -2.46. The highest BCUT2D eigenvalue weighted by molar-refractivity contribution is 5.69. The molecule has 2 aromatic carbocycles. The third-order valence-electron chi connectivity index (χ3n) is 7.28. The van der Waals surface area contributed by atoms with Crippen LogP contribution in [0, 0.1) is 12.7 Å². The van der Waals surface area contributed by atoms with Gasteiger partial charge in [-0.2, -0.15) is 10.2 Å². The zero-order chi connectivity index (χ0) is 27.4. The summed E-state index contributed by atoms with van der Waals surface area (Å²) in [7, 11) is 1.68. The number of nitrogens with zero attached hydrogens (tertiary/aromatic N) is 5. The number of para-hydroxylation sites is 1. The number of aliphatic hydroxyl groups excluding tert-OH is 1. The summed E-state index contributed by atoms with van der Waals surface area (Å²) in [5.74, 6) is 0.420. The topological polar surface area (TPSA) is 92.4 Å². The lowest BCUT2D eigenvalue weighted by atomic mass is 9.94. The zero-order valence-corrected chi connectivity index (χ0v) is 22.6. The SMILES string of the molecule is CCn1cc(-c2nn(-c3ccccc3)c(NC(O)N[C@@H]3CN(CCOC)C[C@H]3c3cccc(F)c3)c2C)cn1. The smallest absolute Gasteiger partial charge is 0.182 e. The number of hydrogen-bond acceptors (Lipinski definition) is 7. The molecular weight excluding hydrogens is 497 g/mol. The van der Waals surface area contributed by atoms with Gasteiger partial charge in [0.05, 0.1) is 18.5 Å². The van der Waals surface area contributed by atoms with E-state index in [1.165, 1.54) is 6.07 Å². The third kappa shape index (κ3) is 6.04. The van der Waals surface area contributed by atoms with E-state index in [1.54, 1.807) is 19.2 Å². The summed E-state index contributed by atoms with van der Waals surface area (Å²) < 4.78 is 23.0. The maximum absolute atomic E-state index is 14.1. The average molecular weight is 534 g/mol. The van der Waals surface area contributed by atoms with Crippen LogP contribution >= 0.6 is 0 Å². The first-order chi connectivity index (χ1) is 19.0. The van der Waals surface area contributed by atoms with Gasteiger partial charge in [0.1, 0.15) is 17.3 Å². The molecule has 1 unspecified atom stereocenters. The first-order valence-electron chi connectivity index (χ1n) is 13.3. The molecule has 0 radical (unpaired) electrons. The largest absolute Gasteiger partial charge is 0.383 e. The predicted molar refractivity (Wildman–Crippen MR) is 149 cm³/mol. The molecule has 1 aliphatic heterocycles. The number of aliphatic hydroxyl groups is 1. The monoisotopic (exact) mass is 533 g/mol. The van der Waals surface area contributed by atoms with Gasteiger partial charge in [0.15, 0.2) is 6.35 Å². The summed E-state index contributed by atoms with van der Waals surface area (Å²) >= 11 is 0. The van der Waals surface area contributed by atoms with Crippen LogP contribution in [-0.4, -0.2) is 75.3 Å². The van der Waals surface area contributed by atoms with Crippen molar-refractivity contribution < 1.29 is 14.2 Å². The highest BCUT2D eigenvalue weighted by Crippen LogP contribution is 2.32. The van der Waals surface area contributed by atoms with Gasteiger partial charge in [-0.3, -0.25) is 14.9 Å². The number of hydrogen-bond donors (Lipinski definition) is 3. The molecule has 0 saturated carbocycles. The number of nitrogens with one attached hydrogen (secondary N) is 2. The second-order valence-electron chi connectivity index (χ2n) is 9.89. The van der Waals surface area contributed by atoms with E-state index in [4.69, 9.17) is 9.84 Å². The summed E-state index contributed by atoms with van der Waals surface area (Å²) in [6, 6.07) is 16.4. The Hall–Kier alpha value is -3.57. The van der Waals surface area contributed by atoms with Gasteiger partial charge in [-0.1, -0.05) is 30.3 Å². The summed E-state index contributed by atoms with van der Waals surface area (Å²) in [5.41, 5.74) is 4.36. The van der Waals surface area contributed by atoms with E-state index in [1.807, 2.05) is 72.0 Å². The summed E-state index contributed by atoms with van der Waals surface area (Å²) in [5, 5.41) is 27.2. The quantitative estimate of drug-likeness (QED) is 0.254. The Balaban J connectivity index is 1.41. The van der Waals surface area contributed by atoms with Crippen LogP contribution in [0.3, 0.4) is 0 Å². The van der Waals surface area contributed by atoms with Gasteiger partial charge in [0.2, 0.25) is 0 Å². The van der Waals surface area contributed by atoms with Crippen molar-refractivity contribution in [2.24, 2.45) is 0 Å². The molecular formula is C29H36FN7O2. The predicted octanol–water partition coefficient (Wildman–Crippen LogP) is 3.60. The van der Waals surface area contributed by atoms with Crippen LogP contribution < -0.4 is 10.6 Å². The fourth-order valence-electron chi connectivity index (χ4n) is 5.26. The van der Waals surface area contributed by atoms with E-state index < -0.39 is 6.35 Å². The number of anilines is 1. The maximum atomic E-state index is 14.1. The molecule has 1 saturated heterocycles. The van der Waals surface area contributed by atoms with Gasteiger partial charge in [0, 0.05) is 62.6 Å². The van der Waals surface area contributed by atoms with E-state index in [9.17, 15) is 9.50 Å². The maximum Gasteiger partial charge on any atom is 0.182 e. The van der Waals surface area contributed by atoms with Crippen LogP contribution in [-0.2, 0) is 11.3 Å². The normalized spacial score (nSPS) is 18.5. The molecule has 0 spiro atoms. The summed E-state index contributed by atoms with van der Waals surface area (Å²) in [6.07, 6.45) is 2.71. The Morgan fingerprint density at radius 3 is 2.69 bits per heavy atom. The third-order valence-corrected chi connectivity index (χ3v) is 7.28. The molecule has 1 aliphatic rings. The minimum absolute atomic E-state index is 0.00424. The summed E-state index contributed by atoms with van der Waals surface area (Å²) in [6.45, 7) is 7.59. The van der Waals surface area contributed by atoms with Crippen LogP contribution in [0.4, 0.5) is 10.2 Å². The molecule has 0 bridgehead atoms. The van der Waals surface area contributed by atoms with Crippen LogP contribution in [0.2, 0.25) is 0 Å². The van der Waals surface area contributed by atoms with Crippen LogP contribution in [0.5, 0.6) is 0 Å². The molecule has 5 rings (SSSR count). The second-order valence-corrected chi connectivity index (χ2v) is 9.89. The van der Waals surface area contributed by atoms with E-state index >= 15 is 0 Å². The minimum atomic E-state index is -1.07. The lowest BCUT2D eigenvalue weighted by Gasteiger charge is -2.25. The highest BCUT2D eigenvalue weighted by Gasteiger charge is 2.35. The molecule has 0 amide bonds. The van der Waals surface area contributed by atoms with Crippen molar-refractivity contribution in [3.05, 3.63) is 83.9 Å². The van der Waals surface area contributed by atoms with Crippen LogP contribution in [0.1, 0.15) is 24.0 Å². The molecule has 2 aromatic heterocycles. The van der Waals surface area contributed by atoms with Crippen molar-refractivity contribution in [3.8, 4) is 16.9 Å². The van der Waals surface area contributed by atoms with Crippen molar-refractivity contribution in [2.45, 2.75) is 38.7 Å². The number of benzene rings is 2. The Kier molecular flexibility index (Phi) is 8.37. The Morgan fingerprint density at radius 2 is 1.97 bits per heavy atom. The molecule has 1 fully saturated rings. The first kappa shape index (κ1) is 27.0. The zero-order valence-electron chi connectivity index (χ0n) is 22.6. The molecule has 39 heavy (non-hydrogen) atoms. The number of likely N-dealkylation sites (tertiary alicyclic amines) is 1. The van der Waals surface area contributed by atoms with Gasteiger partial charge in [-0.25, -0.2) is 9.07 Å². The van der Waals surface area contributed by atoms with Gasteiger partial charge < -0.3 is 15.2 Å². The molecule has 206 valence electrons. The molecule has 3 atom stereocenters. The fourth-order valence-corrected chi connectivity index (χ4v) is 5.26. The van der Waals surface area contributed by atoms with Gasteiger partial charge in [-0.15, -0.1) is 0 Å². The van der Waals surface area contributed by atoms with E-state index in [0.29, 0.717) is 19.0 Å². The first-order valence-corrected chi connectivity index (χ1v) is 13.3. The molecule has 0 aliphatic carbocycles. The van der Waals surface area contributed by atoms with Crippen molar-refractivity contribution in [2.75, 3.05) is 38.7 Å². The van der Waals surface area contributed by atoms with Gasteiger partial charge in [0.25, 0.3) is 0 Å². The number of aryl methyl sites for hydroxylation is 1. The molecule has 4 aromatic rings. The number of aromatic nitrogens is 4. The van der Waals surface area contributed by atoms with Gasteiger partial charge in [-0.05, 0) is 43.7 Å². The average Bonchev–Trinajstić information content (AvgIpc) is 3.66.